The molecule has 4 aromatic rings. The molecule has 0 N–H and O–H groups in total. The maximum Gasteiger partial charge on any atom is 0.494 e. The molecule has 2 aromatic carbocycles. The Labute approximate surface area is 195 Å². The largest absolute Gasteiger partial charge is 0.494 e. The molecule has 0 unspecified atom stereocenters. The highest BCUT2D eigenvalue weighted by Crippen LogP contribution is 2.36. The van der Waals surface area contributed by atoms with Crippen LogP contribution in [0.1, 0.15) is 27.7 Å². The zero-order chi connectivity index (χ0) is 23.1. The van der Waals surface area contributed by atoms with E-state index in [9.17, 15) is 0 Å². The molecule has 0 bridgehead atoms. The molecule has 0 aliphatic carbocycles. The van der Waals surface area contributed by atoms with Gasteiger partial charge in [0.2, 0.25) is 0 Å². The molecule has 5 nitrogen and oxygen atoms in total. The standard InChI is InChI=1S/C27H26BN3O2/c1-26(2)27(3,4)33-28(32-26)22-12-10-21(11-13-22)25-30-23(19-8-6-5-7-9-19)18-24(31-25)20-14-16-29-17-15-20/h5-18H,1-4H3. The molecule has 1 saturated heterocycles. The van der Waals surface area contributed by atoms with Crippen molar-refractivity contribution in [3.8, 4) is 33.9 Å². The monoisotopic (exact) mass is 435 g/mol. The van der Waals surface area contributed by atoms with Gasteiger partial charge in [-0.1, -0.05) is 54.6 Å². The van der Waals surface area contributed by atoms with Gasteiger partial charge in [-0.3, -0.25) is 4.98 Å². The Bertz CT molecular complexity index is 1190. The fourth-order valence-electron chi connectivity index (χ4n) is 3.77. The molecule has 1 fully saturated rings. The van der Waals surface area contributed by atoms with E-state index in [2.05, 4.69) is 44.8 Å². The molecule has 0 amide bonds. The van der Waals surface area contributed by atoms with E-state index in [1.165, 1.54) is 0 Å². The summed E-state index contributed by atoms with van der Waals surface area (Å²) in [4.78, 5) is 13.9. The van der Waals surface area contributed by atoms with Gasteiger partial charge in [-0.2, -0.15) is 0 Å². The van der Waals surface area contributed by atoms with E-state index in [-0.39, 0.29) is 11.2 Å². The summed E-state index contributed by atoms with van der Waals surface area (Å²) in [6.45, 7) is 8.24. The van der Waals surface area contributed by atoms with E-state index in [1.54, 1.807) is 12.4 Å². The van der Waals surface area contributed by atoms with E-state index in [4.69, 9.17) is 19.3 Å². The minimum Gasteiger partial charge on any atom is -0.399 e. The number of benzene rings is 2. The molecule has 0 radical (unpaired) electrons. The van der Waals surface area contributed by atoms with Gasteiger partial charge in [0.1, 0.15) is 0 Å². The van der Waals surface area contributed by atoms with Crippen molar-refractivity contribution >= 4 is 12.6 Å². The first kappa shape index (κ1) is 21.5. The van der Waals surface area contributed by atoms with Crippen molar-refractivity contribution in [3.63, 3.8) is 0 Å². The summed E-state index contributed by atoms with van der Waals surface area (Å²) in [5.74, 6) is 0.670. The van der Waals surface area contributed by atoms with Crippen molar-refractivity contribution in [3.05, 3.63) is 85.2 Å². The van der Waals surface area contributed by atoms with Gasteiger partial charge in [-0.05, 0) is 51.4 Å². The normalized spacial score (nSPS) is 16.7. The molecular weight excluding hydrogens is 409 g/mol. The topological polar surface area (TPSA) is 57.1 Å². The van der Waals surface area contributed by atoms with Gasteiger partial charge in [-0.15, -0.1) is 0 Å². The molecule has 5 rings (SSSR count). The third kappa shape index (κ3) is 4.20. The molecule has 0 saturated carbocycles. The van der Waals surface area contributed by atoms with Crippen molar-refractivity contribution in [2.75, 3.05) is 0 Å². The Hall–Kier alpha value is -3.35. The predicted octanol–water partition coefficient (Wildman–Crippen LogP) is 5.17. The summed E-state index contributed by atoms with van der Waals surface area (Å²) in [5.41, 5.74) is 4.95. The van der Waals surface area contributed by atoms with E-state index in [0.29, 0.717) is 5.82 Å². The van der Waals surface area contributed by atoms with Crippen LogP contribution in [-0.2, 0) is 9.31 Å². The summed E-state index contributed by atoms with van der Waals surface area (Å²) in [7, 11) is -0.395. The number of hydrogen-bond donors (Lipinski definition) is 0. The van der Waals surface area contributed by atoms with E-state index < -0.39 is 7.12 Å². The third-order valence-electron chi connectivity index (χ3n) is 6.47. The highest BCUT2D eigenvalue weighted by molar-refractivity contribution is 6.62. The van der Waals surface area contributed by atoms with Crippen molar-refractivity contribution < 1.29 is 9.31 Å². The number of rotatable bonds is 4. The molecule has 0 atom stereocenters. The van der Waals surface area contributed by atoms with Crippen LogP contribution in [0, 0.1) is 0 Å². The molecule has 33 heavy (non-hydrogen) atoms. The zero-order valence-corrected chi connectivity index (χ0v) is 19.3. The fraction of sp³-hybridized carbons (Fsp3) is 0.222. The van der Waals surface area contributed by atoms with Crippen molar-refractivity contribution in [2.24, 2.45) is 0 Å². The SMILES string of the molecule is CC1(C)OB(c2ccc(-c3nc(-c4ccccc4)cc(-c4ccncc4)n3)cc2)OC1(C)C. The Balaban J connectivity index is 1.52. The Morgan fingerprint density at radius 3 is 1.76 bits per heavy atom. The quantitative estimate of drug-likeness (QED) is 0.414. The van der Waals surface area contributed by atoms with E-state index in [1.807, 2.05) is 60.7 Å². The van der Waals surface area contributed by atoms with Crippen LogP contribution in [0.2, 0.25) is 0 Å². The molecule has 164 valence electrons. The maximum absolute atomic E-state index is 6.19. The highest BCUT2D eigenvalue weighted by atomic mass is 16.7. The van der Waals surface area contributed by atoms with Crippen LogP contribution in [0.4, 0.5) is 0 Å². The van der Waals surface area contributed by atoms with Crippen LogP contribution < -0.4 is 5.46 Å². The minimum atomic E-state index is -0.395. The van der Waals surface area contributed by atoms with Crippen LogP contribution in [0.25, 0.3) is 33.9 Å². The second-order valence-corrected chi connectivity index (χ2v) is 9.27. The first-order chi connectivity index (χ1) is 15.8. The molecule has 0 spiro atoms. The van der Waals surface area contributed by atoms with Gasteiger partial charge in [0.05, 0.1) is 22.6 Å². The van der Waals surface area contributed by atoms with E-state index in [0.717, 1.165) is 33.5 Å². The van der Waals surface area contributed by atoms with Crippen LogP contribution in [0.5, 0.6) is 0 Å². The van der Waals surface area contributed by atoms with Crippen LogP contribution in [0.3, 0.4) is 0 Å². The minimum absolute atomic E-state index is 0.372. The lowest BCUT2D eigenvalue weighted by atomic mass is 9.79. The average Bonchev–Trinajstić information content (AvgIpc) is 3.07. The summed E-state index contributed by atoms with van der Waals surface area (Å²) in [6.07, 6.45) is 3.55. The summed E-state index contributed by atoms with van der Waals surface area (Å²) < 4.78 is 12.4. The van der Waals surface area contributed by atoms with Gasteiger partial charge in [0, 0.05) is 29.1 Å². The van der Waals surface area contributed by atoms with Crippen molar-refractivity contribution in [2.45, 2.75) is 38.9 Å². The molecule has 6 heteroatoms. The number of nitrogens with zero attached hydrogens (tertiary/aromatic N) is 3. The van der Waals surface area contributed by atoms with Gasteiger partial charge in [0.25, 0.3) is 0 Å². The van der Waals surface area contributed by atoms with Crippen LogP contribution >= 0.6 is 0 Å². The second kappa shape index (κ2) is 8.21. The van der Waals surface area contributed by atoms with Crippen molar-refractivity contribution in [1.29, 1.82) is 0 Å². The van der Waals surface area contributed by atoms with Gasteiger partial charge >= 0.3 is 7.12 Å². The molecule has 2 aromatic heterocycles. The Morgan fingerprint density at radius 2 is 1.18 bits per heavy atom. The Morgan fingerprint density at radius 1 is 0.636 bits per heavy atom. The van der Waals surface area contributed by atoms with Crippen LogP contribution in [-0.4, -0.2) is 33.3 Å². The van der Waals surface area contributed by atoms with E-state index >= 15 is 0 Å². The number of pyridine rings is 1. The zero-order valence-electron chi connectivity index (χ0n) is 19.3. The van der Waals surface area contributed by atoms with Gasteiger partial charge in [-0.25, -0.2) is 9.97 Å². The lowest BCUT2D eigenvalue weighted by Gasteiger charge is -2.32. The molecule has 1 aliphatic heterocycles. The molecule has 3 heterocycles. The smallest absolute Gasteiger partial charge is 0.399 e. The third-order valence-corrected chi connectivity index (χ3v) is 6.47. The fourth-order valence-corrected chi connectivity index (χ4v) is 3.77. The summed E-state index contributed by atoms with van der Waals surface area (Å²) >= 11 is 0. The second-order valence-electron chi connectivity index (χ2n) is 9.27. The lowest BCUT2D eigenvalue weighted by Crippen LogP contribution is -2.41. The van der Waals surface area contributed by atoms with Gasteiger partial charge < -0.3 is 9.31 Å². The first-order valence-corrected chi connectivity index (χ1v) is 11.1. The summed E-state index contributed by atoms with van der Waals surface area (Å²) in [6, 6.07) is 24.2. The molecular formula is C27H26BN3O2. The highest BCUT2D eigenvalue weighted by Gasteiger charge is 2.51. The number of aromatic nitrogens is 3. The Kier molecular flexibility index (Phi) is 5.35. The maximum atomic E-state index is 6.19. The first-order valence-electron chi connectivity index (χ1n) is 11.1. The molecule has 1 aliphatic rings. The average molecular weight is 435 g/mol. The van der Waals surface area contributed by atoms with Crippen LogP contribution in [0.15, 0.2) is 85.2 Å². The lowest BCUT2D eigenvalue weighted by molar-refractivity contribution is 0.00578. The van der Waals surface area contributed by atoms with Gasteiger partial charge in [0.15, 0.2) is 5.82 Å². The van der Waals surface area contributed by atoms with Crippen molar-refractivity contribution in [1.82, 2.24) is 15.0 Å². The summed E-state index contributed by atoms with van der Waals surface area (Å²) in [5, 5.41) is 0. The number of hydrogen-bond acceptors (Lipinski definition) is 5. The predicted molar refractivity (Wildman–Crippen MR) is 132 cm³/mol.